The molecular weight excluding hydrogens is 265 g/mol. The van der Waals surface area contributed by atoms with Crippen LogP contribution in [0.4, 0.5) is 4.39 Å². The van der Waals surface area contributed by atoms with E-state index >= 15 is 0 Å². The van der Waals surface area contributed by atoms with Crippen LogP contribution in [0.1, 0.15) is 10.4 Å². The van der Waals surface area contributed by atoms with Crippen molar-refractivity contribution in [1.82, 2.24) is 5.32 Å². The molecule has 2 N–H and O–H groups in total. The summed E-state index contributed by atoms with van der Waals surface area (Å²) >= 11 is 5.60. The minimum Gasteiger partial charge on any atom is -0.507 e. The van der Waals surface area contributed by atoms with Crippen LogP contribution in [0.5, 0.6) is 5.75 Å². The summed E-state index contributed by atoms with van der Waals surface area (Å²) in [7, 11) is 1.15. The number of benzene rings is 1. The fourth-order valence-electron chi connectivity index (χ4n) is 1.22. The molecule has 98 valence electrons. The van der Waals surface area contributed by atoms with Crippen LogP contribution in [0.15, 0.2) is 18.2 Å². The summed E-state index contributed by atoms with van der Waals surface area (Å²) in [6, 6.07) is 3.48. The summed E-state index contributed by atoms with van der Waals surface area (Å²) in [6.45, 7) is -0.235. The van der Waals surface area contributed by atoms with Crippen molar-refractivity contribution in [2.45, 2.75) is 5.38 Å². The topological polar surface area (TPSA) is 75.6 Å². The van der Waals surface area contributed by atoms with Gasteiger partial charge >= 0.3 is 5.97 Å². The molecule has 1 aromatic carbocycles. The molecule has 1 aromatic rings. The number of hydrogen-bond donors (Lipinski definition) is 2. The smallest absolute Gasteiger partial charge is 0.325 e. The third-order valence-corrected chi connectivity index (χ3v) is 2.45. The van der Waals surface area contributed by atoms with E-state index in [-0.39, 0.29) is 6.54 Å². The fraction of sp³-hybridized carbons (Fsp3) is 0.273. The summed E-state index contributed by atoms with van der Waals surface area (Å²) in [5.74, 6) is -2.93. The molecule has 5 nitrogen and oxygen atoms in total. The standard InChI is InChI=1S/C11H11ClFNO4/c1-18-11(17)6(12)5-14-10(16)9-7(13)3-2-4-8(9)15/h2-4,6,15H,5H2,1H3,(H,14,16). The molecule has 0 heterocycles. The Balaban J connectivity index is 2.69. The highest BCUT2D eigenvalue weighted by Crippen LogP contribution is 2.19. The van der Waals surface area contributed by atoms with Crippen LogP contribution >= 0.6 is 11.6 Å². The molecule has 0 spiro atoms. The molecule has 1 atom stereocenters. The van der Waals surface area contributed by atoms with Gasteiger partial charge in [-0.2, -0.15) is 0 Å². The molecule has 1 amide bonds. The lowest BCUT2D eigenvalue weighted by atomic mass is 10.1. The minimum absolute atomic E-state index is 0.235. The molecule has 0 radical (unpaired) electrons. The molecule has 1 unspecified atom stereocenters. The zero-order valence-corrected chi connectivity index (χ0v) is 10.2. The zero-order chi connectivity index (χ0) is 13.7. The van der Waals surface area contributed by atoms with Crippen molar-refractivity contribution in [1.29, 1.82) is 0 Å². The van der Waals surface area contributed by atoms with E-state index in [9.17, 15) is 19.1 Å². The summed E-state index contributed by atoms with van der Waals surface area (Å²) in [5, 5.41) is 10.5. The number of phenols is 1. The summed E-state index contributed by atoms with van der Waals surface area (Å²) in [6.07, 6.45) is 0. The van der Waals surface area contributed by atoms with Crippen molar-refractivity contribution >= 4 is 23.5 Å². The van der Waals surface area contributed by atoms with Gasteiger partial charge in [-0.25, -0.2) is 4.39 Å². The summed E-state index contributed by atoms with van der Waals surface area (Å²) in [5.41, 5.74) is -0.494. The first-order valence-electron chi connectivity index (χ1n) is 4.95. The molecule has 18 heavy (non-hydrogen) atoms. The maximum Gasteiger partial charge on any atom is 0.325 e. The molecule has 1 rings (SSSR count). The van der Waals surface area contributed by atoms with Gasteiger partial charge in [0.05, 0.1) is 7.11 Å². The van der Waals surface area contributed by atoms with Crippen LogP contribution in [0.3, 0.4) is 0 Å². The quantitative estimate of drug-likeness (QED) is 0.636. The Labute approximate surface area is 108 Å². The fourth-order valence-corrected chi connectivity index (χ4v) is 1.39. The number of ether oxygens (including phenoxy) is 1. The lowest BCUT2D eigenvalue weighted by Crippen LogP contribution is -2.34. The number of phenolic OH excluding ortho intramolecular Hbond substituents is 1. The lowest BCUT2D eigenvalue weighted by molar-refractivity contribution is -0.140. The summed E-state index contributed by atoms with van der Waals surface area (Å²) < 4.78 is 17.7. The molecule has 0 aromatic heterocycles. The van der Waals surface area contributed by atoms with Gasteiger partial charge in [0, 0.05) is 6.54 Å². The van der Waals surface area contributed by atoms with Gasteiger partial charge in [-0.05, 0) is 12.1 Å². The maximum absolute atomic E-state index is 13.3. The van der Waals surface area contributed by atoms with Crippen LogP contribution in [0.25, 0.3) is 0 Å². The van der Waals surface area contributed by atoms with Gasteiger partial charge in [0.15, 0.2) is 0 Å². The van der Waals surface area contributed by atoms with Crippen molar-refractivity contribution in [3.05, 3.63) is 29.6 Å². The second-order valence-corrected chi connectivity index (χ2v) is 3.86. The number of rotatable bonds is 4. The maximum atomic E-state index is 13.3. The second-order valence-electron chi connectivity index (χ2n) is 3.33. The average molecular weight is 276 g/mol. The molecule has 0 aliphatic heterocycles. The molecule has 7 heteroatoms. The van der Waals surface area contributed by atoms with Gasteiger partial charge in [0.1, 0.15) is 22.5 Å². The Bertz CT molecular complexity index is 446. The average Bonchev–Trinajstić information content (AvgIpc) is 2.34. The van der Waals surface area contributed by atoms with Crippen molar-refractivity contribution in [3.8, 4) is 5.75 Å². The van der Waals surface area contributed by atoms with Crippen LogP contribution < -0.4 is 5.32 Å². The first-order valence-corrected chi connectivity index (χ1v) is 5.38. The van der Waals surface area contributed by atoms with E-state index < -0.39 is 34.4 Å². The van der Waals surface area contributed by atoms with Gasteiger partial charge in [0.2, 0.25) is 0 Å². The third kappa shape index (κ3) is 3.33. The van der Waals surface area contributed by atoms with E-state index in [1.165, 1.54) is 12.1 Å². The number of carbonyl (C=O) groups is 2. The largest absolute Gasteiger partial charge is 0.507 e. The number of halogens is 2. The highest BCUT2D eigenvalue weighted by molar-refractivity contribution is 6.30. The van der Waals surface area contributed by atoms with Gasteiger partial charge in [-0.15, -0.1) is 11.6 Å². The number of esters is 1. The molecule has 0 saturated heterocycles. The molecule has 0 aliphatic carbocycles. The van der Waals surface area contributed by atoms with E-state index in [4.69, 9.17) is 11.6 Å². The monoisotopic (exact) mass is 275 g/mol. The Hall–Kier alpha value is -1.82. The minimum atomic E-state index is -1.08. The predicted molar refractivity (Wildman–Crippen MR) is 62.1 cm³/mol. The molecule has 0 bridgehead atoms. The normalized spacial score (nSPS) is 11.7. The van der Waals surface area contributed by atoms with Crippen molar-refractivity contribution in [3.63, 3.8) is 0 Å². The van der Waals surface area contributed by atoms with Crippen molar-refractivity contribution in [2.75, 3.05) is 13.7 Å². The SMILES string of the molecule is COC(=O)C(Cl)CNC(=O)c1c(O)cccc1F. The van der Waals surface area contributed by atoms with Gasteiger partial charge in [-0.1, -0.05) is 6.07 Å². The lowest BCUT2D eigenvalue weighted by Gasteiger charge is -2.10. The van der Waals surface area contributed by atoms with Gasteiger partial charge in [-0.3, -0.25) is 9.59 Å². The molecule has 0 aliphatic rings. The van der Waals surface area contributed by atoms with E-state index in [0.29, 0.717) is 0 Å². The zero-order valence-electron chi connectivity index (χ0n) is 9.44. The van der Waals surface area contributed by atoms with E-state index in [1.54, 1.807) is 0 Å². The number of alkyl halides is 1. The number of methoxy groups -OCH3 is 1. The number of carbonyl (C=O) groups excluding carboxylic acids is 2. The van der Waals surface area contributed by atoms with E-state index in [2.05, 4.69) is 10.1 Å². The molecular formula is C11H11ClFNO4. The van der Waals surface area contributed by atoms with E-state index in [1.807, 2.05) is 0 Å². The molecule has 0 saturated carbocycles. The van der Waals surface area contributed by atoms with Crippen LogP contribution in [-0.4, -0.2) is 36.0 Å². The number of aromatic hydroxyl groups is 1. The van der Waals surface area contributed by atoms with Crippen molar-refractivity contribution in [2.24, 2.45) is 0 Å². The molecule has 0 fully saturated rings. The number of nitrogens with one attached hydrogen (secondary N) is 1. The predicted octanol–water partition coefficient (Wildman–Crippen LogP) is 1.04. The van der Waals surface area contributed by atoms with Crippen molar-refractivity contribution < 1.29 is 23.8 Å². The first kappa shape index (κ1) is 14.2. The number of amides is 1. The Morgan fingerprint density at radius 3 is 2.78 bits per heavy atom. The number of hydrogen-bond acceptors (Lipinski definition) is 4. The van der Waals surface area contributed by atoms with Crippen LogP contribution in [0.2, 0.25) is 0 Å². The van der Waals surface area contributed by atoms with E-state index in [0.717, 1.165) is 13.2 Å². The highest BCUT2D eigenvalue weighted by atomic mass is 35.5. The Kier molecular flexibility index (Phi) is 4.91. The third-order valence-electron chi connectivity index (χ3n) is 2.12. The second kappa shape index (κ2) is 6.20. The van der Waals surface area contributed by atoms with Crippen LogP contribution in [0, 0.1) is 5.82 Å². The van der Waals surface area contributed by atoms with Gasteiger partial charge in [0.25, 0.3) is 5.91 Å². The Morgan fingerprint density at radius 1 is 1.56 bits per heavy atom. The van der Waals surface area contributed by atoms with Gasteiger partial charge < -0.3 is 15.2 Å². The van der Waals surface area contributed by atoms with Crippen LogP contribution in [-0.2, 0) is 9.53 Å². The highest BCUT2D eigenvalue weighted by Gasteiger charge is 2.20. The Morgan fingerprint density at radius 2 is 2.22 bits per heavy atom. The first-order chi connectivity index (χ1) is 8.47. The summed E-state index contributed by atoms with van der Waals surface area (Å²) in [4.78, 5) is 22.5.